The van der Waals surface area contributed by atoms with Gasteiger partial charge in [-0.3, -0.25) is 14.4 Å². The molecule has 3 heterocycles. The van der Waals surface area contributed by atoms with Gasteiger partial charge < -0.3 is 25.4 Å². The van der Waals surface area contributed by atoms with Crippen molar-refractivity contribution in [1.29, 1.82) is 0 Å². The summed E-state index contributed by atoms with van der Waals surface area (Å²) in [6.45, 7) is 9.43. The number of likely N-dealkylation sites (tertiary alicyclic amines) is 1. The summed E-state index contributed by atoms with van der Waals surface area (Å²) in [6.07, 6.45) is 0.929. The average molecular weight is 568 g/mol. The van der Waals surface area contributed by atoms with Crippen molar-refractivity contribution in [3.63, 3.8) is 0 Å². The summed E-state index contributed by atoms with van der Waals surface area (Å²) in [7, 11) is 0. The van der Waals surface area contributed by atoms with Crippen molar-refractivity contribution >= 4 is 40.7 Å². The third-order valence-corrected chi connectivity index (χ3v) is 9.46. The standard InChI is InChI=1S/C31H38ClN3O5/c1-17(2)14-21(16-36)35-26(28(38)34-25-18(3)10-9-13-22(25)32)31-15-19(4)30(5,40-31)23(24(31)29(35)39)27(37)33-20-11-7-6-8-12-20/h6-13,17,19,21,23-24,26,36H,14-16H2,1-5H3,(H,33,37)(H,34,38)/t19?,21-,23+,24+,26?,30-,31?/m1/s1. The number of ether oxygens (including phenoxy) is 1. The van der Waals surface area contributed by atoms with Gasteiger partial charge in [0.1, 0.15) is 11.6 Å². The fraction of sp³-hybridized carbons (Fsp3) is 0.516. The van der Waals surface area contributed by atoms with E-state index in [2.05, 4.69) is 10.6 Å². The van der Waals surface area contributed by atoms with Crippen LogP contribution in [0.2, 0.25) is 5.02 Å². The molecule has 3 fully saturated rings. The van der Waals surface area contributed by atoms with Crippen LogP contribution in [0.4, 0.5) is 11.4 Å². The number of aliphatic hydroxyl groups excluding tert-OH is 1. The van der Waals surface area contributed by atoms with Crippen molar-refractivity contribution < 1.29 is 24.2 Å². The average Bonchev–Trinajstić information content (AvgIpc) is 3.42. The Morgan fingerprint density at radius 1 is 1.12 bits per heavy atom. The Labute approximate surface area is 240 Å². The summed E-state index contributed by atoms with van der Waals surface area (Å²) in [5.41, 5.74) is -0.302. The van der Waals surface area contributed by atoms with Crippen LogP contribution in [0.1, 0.15) is 46.1 Å². The number of hydrogen-bond acceptors (Lipinski definition) is 5. The molecule has 2 aromatic carbocycles. The molecule has 9 heteroatoms. The Morgan fingerprint density at radius 3 is 2.45 bits per heavy atom. The molecule has 3 aliphatic heterocycles. The van der Waals surface area contributed by atoms with Crippen LogP contribution in [0.25, 0.3) is 0 Å². The highest BCUT2D eigenvalue weighted by molar-refractivity contribution is 6.34. The van der Waals surface area contributed by atoms with Crippen LogP contribution < -0.4 is 10.6 Å². The molecule has 3 N–H and O–H groups in total. The molecule has 0 aliphatic carbocycles. The van der Waals surface area contributed by atoms with Gasteiger partial charge in [-0.05, 0) is 62.3 Å². The second-order valence-corrected chi connectivity index (χ2v) is 12.6. The largest absolute Gasteiger partial charge is 0.394 e. The van der Waals surface area contributed by atoms with E-state index in [1.54, 1.807) is 24.3 Å². The smallest absolute Gasteiger partial charge is 0.250 e. The zero-order valence-corrected chi connectivity index (χ0v) is 24.4. The lowest BCUT2D eigenvalue weighted by atomic mass is 9.62. The molecule has 0 saturated carbocycles. The minimum Gasteiger partial charge on any atom is -0.394 e. The first-order valence-electron chi connectivity index (χ1n) is 14.0. The van der Waals surface area contributed by atoms with E-state index in [0.717, 1.165) is 5.56 Å². The van der Waals surface area contributed by atoms with Crippen molar-refractivity contribution in [3.05, 3.63) is 59.1 Å². The molecule has 1 spiro atoms. The van der Waals surface area contributed by atoms with Crippen LogP contribution in [-0.4, -0.2) is 57.6 Å². The van der Waals surface area contributed by atoms with Gasteiger partial charge in [0.25, 0.3) is 0 Å². The zero-order chi connectivity index (χ0) is 29.0. The molecule has 2 bridgehead atoms. The fourth-order valence-electron chi connectivity index (χ4n) is 7.31. The quantitative estimate of drug-likeness (QED) is 0.430. The van der Waals surface area contributed by atoms with Crippen LogP contribution in [0.15, 0.2) is 48.5 Å². The van der Waals surface area contributed by atoms with E-state index in [9.17, 15) is 19.5 Å². The molecule has 3 saturated heterocycles. The number of para-hydroxylation sites is 2. The molecule has 3 aliphatic rings. The SMILES string of the molecule is Cc1cccc(Cl)c1NC(=O)C1N([C@@H](CO)CC(C)C)C(=O)[C@@H]2[C@@H](C(=O)Nc3ccccc3)[C@]3(C)OC12CC3C. The third-order valence-electron chi connectivity index (χ3n) is 9.14. The number of anilines is 2. The zero-order valence-electron chi connectivity index (χ0n) is 23.6. The number of hydrogen-bond donors (Lipinski definition) is 3. The summed E-state index contributed by atoms with van der Waals surface area (Å²) in [6, 6.07) is 12.8. The number of amides is 3. The van der Waals surface area contributed by atoms with Gasteiger partial charge >= 0.3 is 0 Å². The number of rotatable bonds is 8. The molecule has 3 unspecified atom stereocenters. The molecule has 8 nitrogen and oxygen atoms in total. The van der Waals surface area contributed by atoms with Crippen molar-refractivity contribution in [2.45, 2.75) is 70.7 Å². The number of benzene rings is 2. The maximum absolute atomic E-state index is 14.4. The summed E-state index contributed by atoms with van der Waals surface area (Å²) in [5, 5.41) is 16.8. The van der Waals surface area contributed by atoms with Crippen molar-refractivity contribution in [3.8, 4) is 0 Å². The molecular weight excluding hydrogens is 530 g/mol. The topological polar surface area (TPSA) is 108 Å². The lowest BCUT2D eigenvalue weighted by Crippen LogP contribution is -2.56. The van der Waals surface area contributed by atoms with Gasteiger partial charge in [0.2, 0.25) is 17.7 Å². The lowest BCUT2D eigenvalue weighted by molar-refractivity contribution is -0.148. The maximum Gasteiger partial charge on any atom is 0.250 e. The summed E-state index contributed by atoms with van der Waals surface area (Å²) in [5.74, 6) is -2.71. The molecule has 214 valence electrons. The van der Waals surface area contributed by atoms with E-state index in [1.165, 1.54) is 4.90 Å². The molecule has 0 aromatic heterocycles. The van der Waals surface area contributed by atoms with Gasteiger partial charge in [0.15, 0.2) is 0 Å². The second-order valence-electron chi connectivity index (χ2n) is 12.2. The number of carbonyl (C=O) groups excluding carboxylic acids is 3. The highest BCUT2D eigenvalue weighted by atomic mass is 35.5. The Balaban J connectivity index is 1.59. The number of aliphatic hydroxyl groups is 1. The summed E-state index contributed by atoms with van der Waals surface area (Å²) in [4.78, 5) is 44.1. The molecule has 3 amide bonds. The fourth-order valence-corrected chi connectivity index (χ4v) is 7.58. The number of nitrogens with zero attached hydrogens (tertiary/aromatic N) is 1. The van der Waals surface area contributed by atoms with Crippen molar-refractivity contribution in [2.75, 3.05) is 17.2 Å². The van der Waals surface area contributed by atoms with E-state index < -0.39 is 41.0 Å². The third kappa shape index (κ3) is 4.41. The molecule has 7 atom stereocenters. The van der Waals surface area contributed by atoms with E-state index >= 15 is 0 Å². The van der Waals surface area contributed by atoms with Crippen LogP contribution in [0, 0.1) is 30.6 Å². The molecule has 5 rings (SSSR count). The number of nitrogens with one attached hydrogen (secondary N) is 2. The summed E-state index contributed by atoms with van der Waals surface area (Å²) < 4.78 is 6.79. The first kappa shape index (κ1) is 28.6. The highest BCUT2D eigenvalue weighted by Gasteiger charge is 2.80. The lowest BCUT2D eigenvalue weighted by Gasteiger charge is -2.37. The first-order valence-corrected chi connectivity index (χ1v) is 14.4. The van der Waals surface area contributed by atoms with E-state index in [1.807, 2.05) is 58.9 Å². The Hall–Kier alpha value is -2.94. The van der Waals surface area contributed by atoms with Crippen molar-refractivity contribution in [1.82, 2.24) is 4.90 Å². The minimum absolute atomic E-state index is 0.0990. The highest BCUT2D eigenvalue weighted by Crippen LogP contribution is 2.65. The predicted octanol–water partition coefficient (Wildman–Crippen LogP) is 4.64. The minimum atomic E-state index is -1.23. The molecular formula is C31H38ClN3O5. The second kappa shape index (κ2) is 10.5. The predicted molar refractivity (Wildman–Crippen MR) is 154 cm³/mol. The van der Waals surface area contributed by atoms with Crippen LogP contribution >= 0.6 is 11.6 Å². The van der Waals surface area contributed by atoms with E-state index in [4.69, 9.17) is 16.3 Å². The molecule has 2 aromatic rings. The maximum atomic E-state index is 14.4. The van der Waals surface area contributed by atoms with E-state index in [-0.39, 0.29) is 30.3 Å². The van der Waals surface area contributed by atoms with Gasteiger partial charge in [-0.15, -0.1) is 0 Å². The van der Waals surface area contributed by atoms with Crippen LogP contribution in [0.5, 0.6) is 0 Å². The Bertz CT molecular complexity index is 1300. The number of carbonyl (C=O) groups is 3. The van der Waals surface area contributed by atoms with Gasteiger partial charge in [-0.1, -0.05) is 62.7 Å². The first-order chi connectivity index (χ1) is 18.9. The number of aryl methyl sites for hydroxylation is 1. The number of fused-ring (bicyclic) bond motifs is 1. The normalized spacial score (nSPS) is 31.4. The summed E-state index contributed by atoms with van der Waals surface area (Å²) >= 11 is 6.46. The van der Waals surface area contributed by atoms with Crippen LogP contribution in [0.3, 0.4) is 0 Å². The van der Waals surface area contributed by atoms with Gasteiger partial charge in [0, 0.05) is 5.69 Å². The Kier molecular flexibility index (Phi) is 7.48. The van der Waals surface area contributed by atoms with Gasteiger partial charge in [0.05, 0.1) is 40.8 Å². The molecule has 40 heavy (non-hydrogen) atoms. The molecule has 0 radical (unpaired) electrons. The van der Waals surface area contributed by atoms with Gasteiger partial charge in [-0.25, -0.2) is 0 Å². The van der Waals surface area contributed by atoms with Crippen molar-refractivity contribution in [2.24, 2.45) is 23.7 Å². The van der Waals surface area contributed by atoms with Crippen LogP contribution in [-0.2, 0) is 19.1 Å². The van der Waals surface area contributed by atoms with Gasteiger partial charge in [-0.2, -0.15) is 0 Å². The van der Waals surface area contributed by atoms with E-state index in [0.29, 0.717) is 29.2 Å². The Morgan fingerprint density at radius 2 is 1.82 bits per heavy atom. The monoisotopic (exact) mass is 567 g/mol. The number of halogens is 1.